The maximum absolute atomic E-state index is 12.7. The lowest BCUT2D eigenvalue weighted by Gasteiger charge is -2.10. The molecule has 2 amide bonds. The molecule has 148 valence electrons. The van der Waals surface area contributed by atoms with Crippen LogP contribution in [0.15, 0.2) is 42.5 Å². The van der Waals surface area contributed by atoms with Gasteiger partial charge in [-0.2, -0.15) is 0 Å². The number of aromatic amines is 1. The third-order valence-electron chi connectivity index (χ3n) is 5.24. The van der Waals surface area contributed by atoms with E-state index >= 15 is 0 Å². The number of ether oxygens (including phenoxy) is 1. The zero-order chi connectivity index (χ0) is 21.2. The number of hydrogen-bond acceptors (Lipinski definition) is 5. The van der Waals surface area contributed by atoms with Crippen molar-refractivity contribution in [3.05, 3.63) is 68.7 Å². The van der Waals surface area contributed by atoms with Crippen LogP contribution in [0.3, 0.4) is 0 Å². The number of carbonyl (C=O) groups excluding carboxylic acids is 2. The molecule has 2 N–H and O–H groups in total. The van der Waals surface area contributed by atoms with Gasteiger partial charge in [-0.3, -0.25) is 25.0 Å². The van der Waals surface area contributed by atoms with E-state index in [1.165, 1.54) is 12.1 Å². The number of methoxy groups -OCH3 is 1. The molecule has 5 rings (SSSR count). The Kier molecular flexibility index (Phi) is 3.81. The number of hydrogen-bond donors (Lipinski definition) is 2. The van der Waals surface area contributed by atoms with E-state index < -0.39 is 16.7 Å². The molecular formula is C21H12ClN3O5. The number of benzene rings is 3. The summed E-state index contributed by atoms with van der Waals surface area (Å²) in [7, 11) is 1.54. The van der Waals surface area contributed by atoms with Crippen LogP contribution in [0.1, 0.15) is 20.7 Å². The zero-order valence-corrected chi connectivity index (χ0v) is 16.2. The third-order valence-corrected chi connectivity index (χ3v) is 5.64. The van der Waals surface area contributed by atoms with Crippen molar-refractivity contribution in [3.63, 3.8) is 0 Å². The Morgan fingerprint density at radius 3 is 2.50 bits per heavy atom. The summed E-state index contributed by atoms with van der Waals surface area (Å²) in [6, 6.07) is 11.4. The van der Waals surface area contributed by atoms with Gasteiger partial charge >= 0.3 is 0 Å². The number of aromatic nitrogens is 1. The maximum Gasteiger partial charge on any atom is 0.288 e. The first-order valence-electron chi connectivity index (χ1n) is 8.86. The van der Waals surface area contributed by atoms with Gasteiger partial charge in [0.1, 0.15) is 10.8 Å². The van der Waals surface area contributed by atoms with Crippen LogP contribution in [0.25, 0.3) is 32.9 Å². The van der Waals surface area contributed by atoms with Gasteiger partial charge in [0.25, 0.3) is 17.5 Å². The molecule has 9 heteroatoms. The maximum atomic E-state index is 12.7. The quantitative estimate of drug-likeness (QED) is 0.288. The minimum atomic E-state index is -0.592. The van der Waals surface area contributed by atoms with Crippen molar-refractivity contribution >= 4 is 50.9 Å². The molecule has 0 atom stereocenters. The van der Waals surface area contributed by atoms with Crippen molar-refractivity contribution in [2.45, 2.75) is 0 Å². The highest BCUT2D eigenvalue weighted by molar-refractivity contribution is 6.37. The number of nitrogens with one attached hydrogen (secondary N) is 2. The van der Waals surface area contributed by atoms with E-state index in [1.807, 2.05) is 6.07 Å². The Balaban J connectivity index is 1.93. The molecule has 1 aliphatic rings. The van der Waals surface area contributed by atoms with Crippen LogP contribution in [0.2, 0.25) is 5.02 Å². The number of nitro groups is 1. The van der Waals surface area contributed by atoms with E-state index in [2.05, 4.69) is 10.3 Å². The predicted octanol–water partition coefficient (Wildman–Crippen LogP) is 4.44. The van der Waals surface area contributed by atoms with Gasteiger partial charge in [0.15, 0.2) is 0 Å². The smallest absolute Gasteiger partial charge is 0.288 e. The van der Waals surface area contributed by atoms with Gasteiger partial charge in [0.2, 0.25) is 0 Å². The minimum absolute atomic E-state index is 0.103. The van der Waals surface area contributed by atoms with E-state index in [0.717, 1.165) is 10.9 Å². The van der Waals surface area contributed by atoms with Crippen LogP contribution in [-0.2, 0) is 0 Å². The van der Waals surface area contributed by atoms with Gasteiger partial charge in [-0.25, -0.2) is 0 Å². The molecule has 0 saturated carbocycles. The second-order valence-corrected chi connectivity index (χ2v) is 7.19. The number of rotatable bonds is 3. The van der Waals surface area contributed by atoms with E-state index in [0.29, 0.717) is 27.8 Å². The first kappa shape index (κ1) is 18.1. The van der Waals surface area contributed by atoms with Crippen LogP contribution < -0.4 is 10.1 Å². The number of amides is 2. The Hall–Kier alpha value is -3.91. The van der Waals surface area contributed by atoms with Crippen molar-refractivity contribution in [2.75, 3.05) is 7.11 Å². The number of nitrogens with zero attached hydrogens (tertiary/aromatic N) is 1. The molecule has 0 fully saturated rings. The fraction of sp³-hybridized carbons (Fsp3) is 0.0476. The molecule has 0 aliphatic carbocycles. The summed E-state index contributed by atoms with van der Waals surface area (Å²) in [5.41, 5.74) is 2.04. The number of carbonyl (C=O) groups is 2. The van der Waals surface area contributed by atoms with Crippen molar-refractivity contribution in [1.29, 1.82) is 0 Å². The Bertz CT molecular complexity index is 1440. The number of fused-ring (bicyclic) bond motifs is 5. The highest BCUT2D eigenvalue weighted by atomic mass is 35.5. The summed E-state index contributed by atoms with van der Waals surface area (Å²) in [5, 5.41) is 14.8. The molecule has 0 unspecified atom stereocenters. The fourth-order valence-corrected chi connectivity index (χ4v) is 4.24. The Morgan fingerprint density at radius 2 is 1.77 bits per heavy atom. The summed E-state index contributed by atoms with van der Waals surface area (Å²) in [6.07, 6.45) is 0. The van der Waals surface area contributed by atoms with E-state index in [9.17, 15) is 19.7 Å². The predicted molar refractivity (Wildman–Crippen MR) is 111 cm³/mol. The lowest BCUT2D eigenvalue weighted by molar-refractivity contribution is -0.384. The van der Waals surface area contributed by atoms with Crippen LogP contribution in [0.5, 0.6) is 5.75 Å². The van der Waals surface area contributed by atoms with Crippen LogP contribution in [-0.4, -0.2) is 28.8 Å². The van der Waals surface area contributed by atoms with Crippen LogP contribution in [0.4, 0.5) is 5.69 Å². The van der Waals surface area contributed by atoms with E-state index in [1.54, 1.807) is 31.4 Å². The Morgan fingerprint density at radius 1 is 1.00 bits per heavy atom. The molecule has 30 heavy (non-hydrogen) atoms. The molecule has 1 aliphatic heterocycles. The zero-order valence-electron chi connectivity index (χ0n) is 15.4. The summed E-state index contributed by atoms with van der Waals surface area (Å²) >= 11 is 6.31. The SMILES string of the molecule is COc1ccc2[nH]c3cc(-c4cccc([N+](=O)[O-])c4Cl)c4c(c3c2c1)C(=O)NC4=O. The number of halogens is 1. The van der Waals surface area contributed by atoms with E-state index in [4.69, 9.17) is 16.3 Å². The molecule has 4 aromatic rings. The number of imide groups is 1. The molecule has 8 nitrogen and oxygen atoms in total. The van der Waals surface area contributed by atoms with Crippen LogP contribution in [0, 0.1) is 10.1 Å². The highest BCUT2D eigenvalue weighted by Crippen LogP contribution is 2.43. The van der Waals surface area contributed by atoms with Gasteiger partial charge in [-0.1, -0.05) is 23.7 Å². The average molecular weight is 422 g/mol. The molecule has 0 radical (unpaired) electrons. The van der Waals surface area contributed by atoms with Gasteiger partial charge < -0.3 is 9.72 Å². The number of H-pyrrole nitrogens is 1. The second-order valence-electron chi connectivity index (χ2n) is 6.81. The first-order chi connectivity index (χ1) is 14.4. The second kappa shape index (κ2) is 6.30. The standard InChI is InChI=1S/C21H12ClN3O5/c1-30-9-5-6-13-12(7-9)16-14(23-13)8-11(17-18(16)21(27)24-20(17)26)10-3-2-4-15(19(10)22)25(28)29/h2-8,23H,1H3,(H,24,26,27). The first-order valence-corrected chi connectivity index (χ1v) is 9.24. The fourth-order valence-electron chi connectivity index (χ4n) is 3.94. The number of nitro benzene ring substituents is 1. The monoisotopic (exact) mass is 421 g/mol. The summed E-state index contributed by atoms with van der Waals surface area (Å²) < 4.78 is 5.29. The average Bonchev–Trinajstić information content (AvgIpc) is 3.23. The normalized spacial score (nSPS) is 13.0. The topological polar surface area (TPSA) is 114 Å². The molecule has 3 aromatic carbocycles. The van der Waals surface area contributed by atoms with Crippen LogP contribution >= 0.6 is 11.6 Å². The van der Waals surface area contributed by atoms with Gasteiger partial charge in [0, 0.05) is 33.4 Å². The van der Waals surface area contributed by atoms with Gasteiger partial charge in [-0.15, -0.1) is 0 Å². The molecule has 2 heterocycles. The van der Waals surface area contributed by atoms with Crippen molar-refractivity contribution in [1.82, 2.24) is 10.3 Å². The molecular weight excluding hydrogens is 410 g/mol. The van der Waals surface area contributed by atoms with E-state index in [-0.39, 0.29) is 21.8 Å². The van der Waals surface area contributed by atoms with Crippen molar-refractivity contribution < 1.29 is 19.2 Å². The molecule has 0 spiro atoms. The molecule has 0 bridgehead atoms. The minimum Gasteiger partial charge on any atom is -0.497 e. The summed E-state index contributed by atoms with van der Waals surface area (Å²) in [6.45, 7) is 0. The lowest BCUT2D eigenvalue weighted by atomic mass is 9.92. The van der Waals surface area contributed by atoms with Gasteiger partial charge in [0.05, 0.1) is 23.2 Å². The summed E-state index contributed by atoms with van der Waals surface area (Å²) in [4.78, 5) is 39.4. The van der Waals surface area contributed by atoms with Crippen molar-refractivity contribution in [3.8, 4) is 16.9 Å². The third kappa shape index (κ3) is 2.40. The Labute approximate surface area is 173 Å². The molecule has 1 aromatic heterocycles. The molecule has 0 saturated heterocycles. The largest absolute Gasteiger partial charge is 0.497 e. The van der Waals surface area contributed by atoms with Crippen molar-refractivity contribution in [2.24, 2.45) is 0 Å². The summed E-state index contributed by atoms with van der Waals surface area (Å²) in [5.74, 6) is -0.508. The highest BCUT2D eigenvalue weighted by Gasteiger charge is 2.34. The van der Waals surface area contributed by atoms with Gasteiger partial charge in [-0.05, 0) is 29.8 Å². The lowest BCUT2D eigenvalue weighted by Crippen LogP contribution is -2.20.